The highest BCUT2D eigenvalue weighted by Gasteiger charge is 2.31. The number of hydrogen-bond donors (Lipinski definition) is 1. The Labute approximate surface area is 160 Å². The summed E-state index contributed by atoms with van der Waals surface area (Å²) < 4.78 is 58.5. The van der Waals surface area contributed by atoms with Crippen LogP contribution in [0.5, 0.6) is 5.75 Å². The summed E-state index contributed by atoms with van der Waals surface area (Å²) in [5, 5.41) is 2.73. The molecule has 1 fully saturated rings. The molecule has 0 atom stereocenters. The molecule has 0 radical (unpaired) electrons. The first kappa shape index (κ1) is 20.4. The van der Waals surface area contributed by atoms with E-state index in [1.54, 1.807) is 4.57 Å². The topological polar surface area (TPSA) is 56.1 Å². The maximum absolute atomic E-state index is 15.0. The van der Waals surface area contributed by atoms with Gasteiger partial charge in [-0.1, -0.05) is 20.8 Å². The quantitative estimate of drug-likeness (QED) is 0.699. The van der Waals surface area contributed by atoms with Gasteiger partial charge in [0.15, 0.2) is 18.2 Å². The summed E-state index contributed by atoms with van der Waals surface area (Å²) in [5.74, 6) is -1.44. The second-order valence-corrected chi connectivity index (χ2v) is 8.33. The van der Waals surface area contributed by atoms with Gasteiger partial charge in [0.05, 0.1) is 5.52 Å². The standard InChI is InChI=1S/C19H23F4N3O2/c1-18(2,3)9-14(27)25-17-24-12-7-8-13(28-10-19(21,22)23)15(20)16(12)26(17)11-5-4-6-11/h7-8,11H,4-6,9-10H2,1-3H3,(H,24,25,27). The predicted octanol–water partition coefficient (Wildman–Crippen LogP) is 5.22. The van der Waals surface area contributed by atoms with Gasteiger partial charge in [-0.3, -0.25) is 10.1 Å². The van der Waals surface area contributed by atoms with Crippen LogP contribution >= 0.6 is 0 Å². The second-order valence-electron chi connectivity index (χ2n) is 8.33. The van der Waals surface area contributed by atoms with Crippen molar-refractivity contribution in [1.29, 1.82) is 0 Å². The van der Waals surface area contributed by atoms with Gasteiger partial charge < -0.3 is 9.30 Å². The molecule has 1 amide bonds. The Morgan fingerprint density at radius 1 is 1.29 bits per heavy atom. The molecule has 1 heterocycles. The first-order valence-corrected chi connectivity index (χ1v) is 9.14. The fourth-order valence-corrected chi connectivity index (χ4v) is 3.14. The Morgan fingerprint density at radius 2 is 1.96 bits per heavy atom. The summed E-state index contributed by atoms with van der Waals surface area (Å²) in [6, 6.07) is 2.46. The Balaban J connectivity index is 1.98. The number of amides is 1. The number of alkyl halides is 3. The number of imidazole rings is 1. The highest BCUT2D eigenvalue weighted by atomic mass is 19.4. The molecular weight excluding hydrogens is 378 g/mol. The molecule has 1 N–H and O–H groups in total. The number of ether oxygens (including phenoxy) is 1. The molecule has 3 rings (SSSR count). The number of nitrogens with one attached hydrogen (secondary N) is 1. The van der Waals surface area contributed by atoms with Gasteiger partial charge in [-0.2, -0.15) is 13.2 Å². The molecule has 1 aliphatic carbocycles. The lowest BCUT2D eigenvalue weighted by atomic mass is 9.92. The van der Waals surface area contributed by atoms with Crippen molar-refractivity contribution in [1.82, 2.24) is 9.55 Å². The highest BCUT2D eigenvalue weighted by Crippen LogP contribution is 2.39. The summed E-state index contributed by atoms with van der Waals surface area (Å²) in [7, 11) is 0. The second kappa shape index (κ2) is 7.25. The van der Waals surface area contributed by atoms with Crippen molar-refractivity contribution in [2.45, 2.75) is 58.7 Å². The van der Waals surface area contributed by atoms with Crippen LogP contribution in [0, 0.1) is 11.2 Å². The van der Waals surface area contributed by atoms with E-state index >= 15 is 0 Å². The fourth-order valence-electron chi connectivity index (χ4n) is 3.14. The van der Waals surface area contributed by atoms with Crippen LogP contribution in [0.4, 0.5) is 23.5 Å². The van der Waals surface area contributed by atoms with Crippen LogP contribution in [-0.4, -0.2) is 28.2 Å². The molecule has 0 unspecified atom stereocenters. The van der Waals surface area contributed by atoms with Crippen molar-refractivity contribution < 1.29 is 27.1 Å². The molecule has 0 spiro atoms. The van der Waals surface area contributed by atoms with Gasteiger partial charge in [0.1, 0.15) is 5.52 Å². The molecule has 9 heteroatoms. The smallest absolute Gasteiger partial charge is 0.422 e. The first-order chi connectivity index (χ1) is 12.9. The zero-order chi connectivity index (χ0) is 20.7. The average molecular weight is 401 g/mol. The number of aromatic nitrogens is 2. The number of fused-ring (bicyclic) bond motifs is 1. The number of nitrogens with zero attached hydrogens (tertiary/aromatic N) is 2. The van der Waals surface area contributed by atoms with E-state index < -0.39 is 24.3 Å². The summed E-state index contributed by atoms with van der Waals surface area (Å²) in [4.78, 5) is 16.7. The molecule has 0 bridgehead atoms. The van der Waals surface area contributed by atoms with Gasteiger partial charge in [0, 0.05) is 12.5 Å². The van der Waals surface area contributed by atoms with Crippen molar-refractivity contribution in [3.05, 3.63) is 17.9 Å². The molecule has 1 aliphatic rings. The van der Waals surface area contributed by atoms with E-state index in [1.165, 1.54) is 6.07 Å². The highest BCUT2D eigenvalue weighted by molar-refractivity contribution is 5.92. The van der Waals surface area contributed by atoms with E-state index in [0.717, 1.165) is 25.3 Å². The van der Waals surface area contributed by atoms with Crippen molar-refractivity contribution in [3.8, 4) is 5.75 Å². The minimum absolute atomic E-state index is 0.0513. The van der Waals surface area contributed by atoms with Crippen molar-refractivity contribution in [2.24, 2.45) is 5.41 Å². The Bertz CT molecular complexity index is 880. The molecule has 1 aromatic heterocycles. The van der Waals surface area contributed by atoms with E-state index in [2.05, 4.69) is 15.0 Å². The van der Waals surface area contributed by atoms with E-state index in [1.807, 2.05) is 20.8 Å². The van der Waals surface area contributed by atoms with Gasteiger partial charge >= 0.3 is 6.18 Å². The lowest BCUT2D eigenvalue weighted by Crippen LogP contribution is -2.25. The summed E-state index contributed by atoms with van der Waals surface area (Å²) in [6.45, 7) is 4.18. The normalized spacial score (nSPS) is 15.5. The Hall–Kier alpha value is -2.32. The number of rotatable bonds is 5. The van der Waals surface area contributed by atoms with Gasteiger partial charge in [-0.25, -0.2) is 9.37 Å². The molecule has 5 nitrogen and oxygen atoms in total. The molecule has 1 aromatic carbocycles. The zero-order valence-electron chi connectivity index (χ0n) is 16.0. The Morgan fingerprint density at radius 3 is 2.50 bits per heavy atom. The molecule has 2 aromatic rings. The number of carbonyl (C=O) groups is 1. The zero-order valence-corrected chi connectivity index (χ0v) is 16.0. The molecule has 28 heavy (non-hydrogen) atoms. The minimum Gasteiger partial charge on any atom is -0.481 e. The Kier molecular flexibility index (Phi) is 5.29. The third-order valence-electron chi connectivity index (χ3n) is 4.53. The van der Waals surface area contributed by atoms with Crippen LogP contribution in [0.3, 0.4) is 0 Å². The number of benzene rings is 1. The number of anilines is 1. The van der Waals surface area contributed by atoms with Crippen molar-refractivity contribution >= 4 is 22.9 Å². The fraction of sp³-hybridized carbons (Fsp3) is 0.579. The van der Waals surface area contributed by atoms with Gasteiger partial charge in [-0.15, -0.1) is 0 Å². The third-order valence-corrected chi connectivity index (χ3v) is 4.53. The third kappa shape index (κ3) is 4.56. The van der Waals surface area contributed by atoms with Gasteiger partial charge in [-0.05, 0) is 36.8 Å². The maximum atomic E-state index is 15.0. The molecule has 1 saturated carbocycles. The van der Waals surface area contributed by atoms with E-state index in [0.29, 0.717) is 0 Å². The van der Waals surface area contributed by atoms with Gasteiger partial charge in [0.2, 0.25) is 11.9 Å². The molecule has 0 saturated heterocycles. The van der Waals surface area contributed by atoms with Crippen LogP contribution < -0.4 is 10.1 Å². The molecule has 0 aliphatic heterocycles. The molecular formula is C19H23F4N3O2. The number of carbonyl (C=O) groups excluding carboxylic acids is 1. The maximum Gasteiger partial charge on any atom is 0.422 e. The lowest BCUT2D eigenvalue weighted by molar-refractivity contribution is -0.153. The SMILES string of the molecule is CC(C)(C)CC(=O)Nc1nc2ccc(OCC(F)(F)F)c(F)c2n1C1CCC1. The van der Waals surface area contributed by atoms with Crippen LogP contribution in [0.25, 0.3) is 11.0 Å². The van der Waals surface area contributed by atoms with Crippen LogP contribution in [0.15, 0.2) is 12.1 Å². The van der Waals surface area contributed by atoms with Crippen LogP contribution in [0.2, 0.25) is 0 Å². The first-order valence-electron chi connectivity index (χ1n) is 9.14. The average Bonchev–Trinajstić information content (AvgIpc) is 2.81. The van der Waals surface area contributed by atoms with Crippen LogP contribution in [0.1, 0.15) is 52.5 Å². The predicted molar refractivity (Wildman–Crippen MR) is 96.8 cm³/mol. The van der Waals surface area contributed by atoms with E-state index in [-0.39, 0.29) is 40.8 Å². The summed E-state index contributed by atoms with van der Waals surface area (Å²) in [6.07, 6.45) is -1.81. The van der Waals surface area contributed by atoms with Crippen LogP contribution in [-0.2, 0) is 4.79 Å². The molecule has 154 valence electrons. The van der Waals surface area contributed by atoms with Gasteiger partial charge in [0.25, 0.3) is 0 Å². The largest absolute Gasteiger partial charge is 0.481 e. The lowest BCUT2D eigenvalue weighted by Gasteiger charge is -2.29. The summed E-state index contributed by atoms with van der Waals surface area (Å²) in [5.41, 5.74) is 0.0755. The monoisotopic (exact) mass is 401 g/mol. The van der Waals surface area contributed by atoms with Crippen molar-refractivity contribution in [3.63, 3.8) is 0 Å². The van der Waals surface area contributed by atoms with E-state index in [4.69, 9.17) is 0 Å². The summed E-state index contributed by atoms with van der Waals surface area (Å²) >= 11 is 0. The number of halogens is 4. The van der Waals surface area contributed by atoms with Crippen molar-refractivity contribution in [2.75, 3.05) is 11.9 Å². The minimum atomic E-state index is -4.57. The number of hydrogen-bond acceptors (Lipinski definition) is 3. The van der Waals surface area contributed by atoms with E-state index in [9.17, 15) is 22.4 Å².